The van der Waals surface area contributed by atoms with Crippen LogP contribution in [0.3, 0.4) is 0 Å². The van der Waals surface area contributed by atoms with Crippen molar-refractivity contribution in [3.63, 3.8) is 0 Å². The Kier molecular flexibility index (Phi) is 8.25. The second kappa shape index (κ2) is 10.7. The molecule has 0 aliphatic carbocycles. The Morgan fingerprint density at radius 3 is 1.96 bits per heavy atom. The van der Waals surface area contributed by atoms with E-state index in [0.29, 0.717) is 18.0 Å². The van der Waals surface area contributed by atoms with E-state index in [1.165, 1.54) is 0 Å². The molecule has 0 spiro atoms. The largest absolute Gasteiger partial charge is 0.508 e. The minimum absolute atomic E-state index is 0.357. The van der Waals surface area contributed by atoms with Crippen molar-refractivity contribution in [1.82, 2.24) is 10.2 Å². The Morgan fingerprint density at radius 2 is 1.36 bits per heavy atom. The second-order valence-electron chi connectivity index (χ2n) is 6.14. The van der Waals surface area contributed by atoms with E-state index < -0.39 is 0 Å². The second-order valence-corrected chi connectivity index (χ2v) is 6.14. The van der Waals surface area contributed by atoms with Crippen LogP contribution in [0.5, 0.6) is 11.5 Å². The molecule has 5 heteroatoms. The molecule has 5 nitrogen and oxygen atoms in total. The fraction of sp³-hybridized carbons (Fsp3) is 0.400. The van der Waals surface area contributed by atoms with Gasteiger partial charge in [0.15, 0.2) is 0 Å². The molecule has 0 aliphatic rings. The van der Waals surface area contributed by atoms with Crippen LogP contribution >= 0.6 is 0 Å². The monoisotopic (exact) mass is 343 g/mol. The van der Waals surface area contributed by atoms with Crippen molar-refractivity contribution < 1.29 is 10.2 Å². The summed E-state index contributed by atoms with van der Waals surface area (Å²) in [5.41, 5.74) is 7.65. The summed E-state index contributed by atoms with van der Waals surface area (Å²) in [6, 6.07) is 14.9. The molecule has 2 aromatic carbocycles. The molecule has 0 atom stereocenters. The SMILES string of the molecule is NCCN(CCNCCc1ccccc1O)CCc1ccccc1O. The highest BCUT2D eigenvalue weighted by molar-refractivity contribution is 5.32. The minimum Gasteiger partial charge on any atom is -0.508 e. The van der Waals surface area contributed by atoms with Gasteiger partial charge in [-0.3, -0.25) is 0 Å². The van der Waals surface area contributed by atoms with Gasteiger partial charge in [0.1, 0.15) is 11.5 Å². The third-order valence-electron chi connectivity index (χ3n) is 4.30. The Balaban J connectivity index is 1.69. The molecular weight excluding hydrogens is 314 g/mol. The van der Waals surface area contributed by atoms with Gasteiger partial charge in [-0.1, -0.05) is 36.4 Å². The Morgan fingerprint density at radius 1 is 0.760 bits per heavy atom. The van der Waals surface area contributed by atoms with Gasteiger partial charge in [-0.25, -0.2) is 0 Å². The quantitative estimate of drug-likeness (QED) is 0.467. The number of phenols is 2. The molecule has 2 rings (SSSR count). The van der Waals surface area contributed by atoms with Crippen molar-refractivity contribution >= 4 is 0 Å². The topological polar surface area (TPSA) is 81.8 Å². The first-order valence-corrected chi connectivity index (χ1v) is 8.87. The molecule has 0 amide bonds. The molecule has 0 saturated carbocycles. The lowest BCUT2D eigenvalue weighted by Gasteiger charge is -2.22. The molecule has 2 aromatic rings. The fourth-order valence-electron chi connectivity index (χ4n) is 2.83. The Bertz CT molecular complexity index is 634. The van der Waals surface area contributed by atoms with E-state index in [1.54, 1.807) is 12.1 Å². The van der Waals surface area contributed by atoms with Crippen molar-refractivity contribution in [1.29, 1.82) is 0 Å². The lowest BCUT2D eigenvalue weighted by Crippen LogP contribution is -2.37. The van der Waals surface area contributed by atoms with Gasteiger partial charge in [-0.05, 0) is 42.6 Å². The van der Waals surface area contributed by atoms with Crippen molar-refractivity contribution in [3.05, 3.63) is 59.7 Å². The number of nitrogens with one attached hydrogen (secondary N) is 1. The van der Waals surface area contributed by atoms with Crippen molar-refractivity contribution in [2.45, 2.75) is 12.8 Å². The van der Waals surface area contributed by atoms with Crippen LogP contribution in [0.25, 0.3) is 0 Å². The first kappa shape index (κ1) is 19.2. The summed E-state index contributed by atoms with van der Waals surface area (Å²) in [6.07, 6.45) is 1.62. The zero-order valence-corrected chi connectivity index (χ0v) is 14.7. The fourth-order valence-corrected chi connectivity index (χ4v) is 2.83. The third-order valence-corrected chi connectivity index (χ3v) is 4.30. The maximum absolute atomic E-state index is 9.85. The van der Waals surface area contributed by atoms with Gasteiger partial charge in [0.2, 0.25) is 0 Å². The molecule has 0 radical (unpaired) electrons. The van der Waals surface area contributed by atoms with Crippen LogP contribution in [-0.4, -0.2) is 54.4 Å². The number of hydrogen-bond acceptors (Lipinski definition) is 5. The van der Waals surface area contributed by atoms with Crippen LogP contribution in [0, 0.1) is 0 Å². The average molecular weight is 343 g/mol. The Labute approximate surface area is 150 Å². The van der Waals surface area contributed by atoms with Gasteiger partial charge in [0.25, 0.3) is 0 Å². The van der Waals surface area contributed by atoms with Crippen molar-refractivity contribution in [2.75, 3.05) is 39.3 Å². The number of nitrogens with two attached hydrogens (primary N) is 1. The summed E-state index contributed by atoms with van der Waals surface area (Å²) >= 11 is 0. The van der Waals surface area contributed by atoms with E-state index in [2.05, 4.69) is 10.2 Å². The number of rotatable bonds is 11. The number of aromatic hydroxyl groups is 2. The number of benzene rings is 2. The van der Waals surface area contributed by atoms with Gasteiger partial charge in [-0.15, -0.1) is 0 Å². The molecule has 0 bridgehead atoms. The van der Waals surface area contributed by atoms with Gasteiger partial charge in [-0.2, -0.15) is 0 Å². The number of para-hydroxylation sites is 2. The zero-order valence-electron chi connectivity index (χ0n) is 14.7. The zero-order chi connectivity index (χ0) is 17.9. The van der Waals surface area contributed by atoms with Gasteiger partial charge >= 0.3 is 0 Å². The lowest BCUT2D eigenvalue weighted by atomic mass is 10.1. The summed E-state index contributed by atoms with van der Waals surface area (Å²) in [5, 5.41) is 23.0. The molecule has 0 fully saturated rings. The number of hydrogen-bond donors (Lipinski definition) is 4. The van der Waals surface area contributed by atoms with E-state index in [-0.39, 0.29) is 0 Å². The van der Waals surface area contributed by atoms with E-state index in [1.807, 2.05) is 36.4 Å². The van der Waals surface area contributed by atoms with Crippen LogP contribution in [0.1, 0.15) is 11.1 Å². The van der Waals surface area contributed by atoms with Gasteiger partial charge < -0.3 is 26.2 Å². The molecule has 25 heavy (non-hydrogen) atoms. The molecule has 5 N–H and O–H groups in total. The van der Waals surface area contributed by atoms with Crippen molar-refractivity contribution in [3.8, 4) is 11.5 Å². The highest BCUT2D eigenvalue weighted by Gasteiger charge is 2.06. The lowest BCUT2D eigenvalue weighted by molar-refractivity contribution is 0.283. The van der Waals surface area contributed by atoms with E-state index in [4.69, 9.17) is 5.73 Å². The van der Waals surface area contributed by atoms with E-state index in [9.17, 15) is 10.2 Å². The first-order chi connectivity index (χ1) is 12.2. The van der Waals surface area contributed by atoms with Crippen LogP contribution < -0.4 is 11.1 Å². The third kappa shape index (κ3) is 6.74. The standard InChI is InChI=1S/C20H29N3O2/c21-11-15-23(14-10-18-6-2-4-8-20(18)25)16-13-22-12-9-17-5-1-3-7-19(17)24/h1-8,22,24-25H,9-16,21H2. The highest BCUT2D eigenvalue weighted by Crippen LogP contribution is 2.16. The molecule has 0 unspecified atom stereocenters. The van der Waals surface area contributed by atoms with E-state index in [0.717, 1.165) is 56.7 Å². The van der Waals surface area contributed by atoms with Crippen molar-refractivity contribution in [2.24, 2.45) is 5.73 Å². The van der Waals surface area contributed by atoms with Crippen LogP contribution in [-0.2, 0) is 12.8 Å². The molecular formula is C20H29N3O2. The minimum atomic E-state index is 0.357. The van der Waals surface area contributed by atoms with Gasteiger partial charge in [0, 0.05) is 32.7 Å². The summed E-state index contributed by atoms with van der Waals surface area (Å²) in [4.78, 5) is 2.30. The summed E-state index contributed by atoms with van der Waals surface area (Å²) in [5.74, 6) is 0.715. The summed E-state index contributed by atoms with van der Waals surface area (Å²) in [7, 11) is 0. The van der Waals surface area contributed by atoms with Crippen LogP contribution in [0.2, 0.25) is 0 Å². The average Bonchev–Trinajstić information content (AvgIpc) is 2.62. The molecule has 0 heterocycles. The van der Waals surface area contributed by atoms with Gasteiger partial charge in [0.05, 0.1) is 0 Å². The van der Waals surface area contributed by atoms with Crippen LogP contribution in [0.4, 0.5) is 0 Å². The maximum atomic E-state index is 9.85. The molecule has 136 valence electrons. The highest BCUT2D eigenvalue weighted by atomic mass is 16.3. The predicted octanol–water partition coefficient (Wildman–Crippen LogP) is 1.73. The molecule has 0 saturated heterocycles. The van der Waals surface area contributed by atoms with E-state index >= 15 is 0 Å². The van der Waals surface area contributed by atoms with Crippen LogP contribution in [0.15, 0.2) is 48.5 Å². The summed E-state index contributed by atoms with van der Waals surface area (Å²) in [6.45, 7) is 4.94. The number of phenolic OH excluding ortho intramolecular Hbond substituents is 2. The maximum Gasteiger partial charge on any atom is 0.118 e. The smallest absolute Gasteiger partial charge is 0.118 e. The normalized spacial score (nSPS) is 11.1. The Hall–Kier alpha value is -2.08. The number of nitrogens with zero attached hydrogens (tertiary/aromatic N) is 1. The first-order valence-electron chi connectivity index (χ1n) is 8.87. The molecule has 0 aliphatic heterocycles. The summed E-state index contributed by atoms with van der Waals surface area (Å²) < 4.78 is 0. The predicted molar refractivity (Wildman–Crippen MR) is 102 cm³/mol. The molecule has 0 aromatic heterocycles.